The Balaban J connectivity index is 1.81. The molecule has 2 saturated heterocycles. The van der Waals surface area contributed by atoms with Crippen LogP contribution in [0.1, 0.15) is 32.6 Å². The van der Waals surface area contributed by atoms with Crippen LogP contribution in [-0.2, 0) is 0 Å². The van der Waals surface area contributed by atoms with Crippen LogP contribution in [0.4, 0.5) is 0 Å². The number of nitrogens with one attached hydrogen (secondary N) is 1. The minimum absolute atomic E-state index is 0.780. The van der Waals surface area contributed by atoms with Crippen LogP contribution < -0.4 is 5.32 Å². The van der Waals surface area contributed by atoms with Crippen LogP contribution >= 0.6 is 11.8 Å². The van der Waals surface area contributed by atoms with Crippen molar-refractivity contribution in [2.24, 2.45) is 0 Å². The van der Waals surface area contributed by atoms with E-state index >= 15 is 0 Å². The van der Waals surface area contributed by atoms with Crippen LogP contribution in [0.5, 0.6) is 0 Å². The van der Waals surface area contributed by atoms with Gasteiger partial charge in [0.25, 0.3) is 0 Å². The van der Waals surface area contributed by atoms with Gasteiger partial charge in [-0.1, -0.05) is 6.92 Å². The summed E-state index contributed by atoms with van der Waals surface area (Å²) >= 11 is 2.13. The molecule has 15 heavy (non-hydrogen) atoms. The fraction of sp³-hybridized carbons (Fsp3) is 1.00. The minimum atomic E-state index is 0.780. The van der Waals surface area contributed by atoms with E-state index in [9.17, 15) is 0 Å². The summed E-state index contributed by atoms with van der Waals surface area (Å²) in [6.45, 7) is 6.13. The van der Waals surface area contributed by atoms with Crippen molar-refractivity contribution in [2.45, 2.75) is 44.7 Å². The number of thioether (sulfide) groups is 1. The molecule has 88 valence electrons. The van der Waals surface area contributed by atoms with Crippen molar-refractivity contribution in [3.8, 4) is 0 Å². The first-order valence-electron chi connectivity index (χ1n) is 6.45. The van der Waals surface area contributed by atoms with E-state index in [1.165, 1.54) is 56.8 Å². The Hall–Kier alpha value is 0.270. The van der Waals surface area contributed by atoms with Crippen molar-refractivity contribution in [1.29, 1.82) is 0 Å². The quantitative estimate of drug-likeness (QED) is 0.774. The first-order chi connectivity index (χ1) is 7.40. The van der Waals surface area contributed by atoms with E-state index in [1.54, 1.807) is 0 Å². The van der Waals surface area contributed by atoms with Crippen molar-refractivity contribution in [3.05, 3.63) is 0 Å². The van der Waals surface area contributed by atoms with Gasteiger partial charge in [0, 0.05) is 24.4 Å². The molecule has 2 aliphatic rings. The van der Waals surface area contributed by atoms with Crippen LogP contribution in [0.15, 0.2) is 0 Å². The molecule has 0 spiro atoms. The Morgan fingerprint density at radius 1 is 1.40 bits per heavy atom. The molecule has 1 N–H and O–H groups in total. The highest BCUT2D eigenvalue weighted by Gasteiger charge is 2.25. The van der Waals surface area contributed by atoms with Gasteiger partial charge in [0.05, 0.1) is 0 Å². The molecule has 2 aliphatic heterocycles. The molecule has 2 nitrogen and oxygen atoms in total. The fourth-order valence-electron chi connectivity index (χ4n) is 2.72. The molecule has 0 amide bonds. The number of nitrogens with zero attached hydrogens (tertiary/aromatic N) is 1. The fourth-order valence-corrected chi connectivity index (χ4v) is 3.97. The second-order valence-electron chi connectivity index (χ2n) is 4.81. The monoisotopic (exact) mass is 228 g/mol. The van der Waals surface area contributed by atoms with Gasteiger partial charge in [0.2, 0.25) is 0 Å². The maximum atomic E-state index is 3.62. The van der Waals surface area contributed by atoms with Gasteiger partial charge in [-0.05, 0) is 44.5 Å². The molecule has 0 bridgehead atoms. The van der Waals surface area contributed by atoms with E-state index in [0.717, 1.165) is 12.1 Å². The lowest BCUT2D eigenvalue weighted by Gasteiger charge is -2.30. The first-order valence-corrected chi connectivity index (χ1v) is 7.61. The van der Waals surface area contributed by atoms with E-state index in [-0.39, 0.29) is 0 Å². The van der Waals surface area contributed by atoms with Crippen molar-refractivity contribution < 1.29 is 0 Å². The Bertz CT molecular complexity index is 174. The zero-order valence-corrected chi connectivity index (χ0v) is 10.7. The Kier molecular flexibility index (Phi) is 4.79. The Morgan fingerprint density at radius 3 is 2.93 bits per heavy atom. The van der Waals surface area contributed by atoms with Gasteiger partial charge < -0.3 is 5.32 Å². The van der Waals surface area contributed by atoms with Crippen LogP contribution in [-0.4, -0.2) is 48.1 Å². The topological polar surface area (TPSA) is 15.3 Å². The third kappa shape index (κ3) is 3.36. The van der Waals surface area contributed by atoms with Crippen LogP contribution in [0, 0.1) is 0 Å². The highest BCUT2D eigenvalue weighted by Crippen LogP contribution is 2.23. The maximum Gasteiger partial charge on any atom is 0.0195 e. The minimum Gasteiger partial charge on any atom is -0.313 e. The summed E-state index contributed by atoms with van der Waals surface area (Å²) in [7, 11) is 0. The lowest BCUT2D eigenvalue weighted by Crippen LogP contribution is -2.43. The molecule has 0 radical (unpaired) electrons. The summed E-state index contributed by atoms with van der Waals surface area (Å²) in [6.07, 6.45) is 5.48. The largest absolute Gasteiger partial charge is 0.313 e. The van der Waals surface area contributed by atoms with E-state index < -0.39 is 0 Å². The molecule has 0 aromatic carbocycles. The molecule has 2 rings (SSSR count). The van der Waals surface area contributed by atoms with Gasteiger partial charge in [0.15, 0.2) is 0 Å². The lowest BCUT2D eigenvalue weighted by atomic mass is 10.1. The standard InChI is InChI=1S/C12H24N2S/c1-2-7-14(12-5-8-15-10-12)9-11-4-3-6-13-11/h11-13H,2-10H2,1H3. The third-order valence-electron chi connectivity index (χ3n) is 3.55. The Labute approximate surface area is 98.2 Å². The zero-order chi connectivity index (χ0) is 10.5. The van der Waals surface area contributed by atoms with E-state index in [1.807, 2.05) is 0 Å². The second-order valence-corrected chi connectivity index (χ2v) is 5.96. The normalized spacial score (nSPS) is 31.6. The van der Waals surface area contributed by atoms with Crippen molar-refractivity contribution >= 4 is 11.8 Å². The van der Waals surface area contributed by atoms with Crippen LogP contribution in [0.25, 0.3) is 0 Å². The number of hydrogen-bond acceptors (Lipinski definition) is 3. The summed E-state index contributed by atoms with van der Waals surface area (Å²) in [5, 5.41) is 3.62. The van der Waals surface area contributed by atoms with Crippen molar-refractivity contribution in [2.75, 3.05) is 31.1 Å². The van der Waals surface area contributed by atoms with Crippen LogP contribution in [0.2, 0.25) is 0 Å². The molecule has 0 aromatic rings. The molecule has 0 aromatic heterocycles. The average molecular weight is 228 g/mol. The van der Waals surface area contributed by atoms with Gasteiger partial charge in [-0.2, -0.15) is 11.8 Å². The van der Waals surface area contributed by atoms with Crippen molar-refractivity contribution in [1.82, 2.24) is 10.2 Å². The van der Waals surface area contributed by atoms with Gasteiger partial charge in [-0.15, -0.1) is 0 Å². The number of rotatable bonds is 5. The lowest BCUT2D eigenvalue weighted by molar-refractivity contribution is 0.195. The van der Waals surface area contributed by atoms with Crippen LogP contribution in [0.3, 0.4) is 0 Å². The van der Waals surface area contributed by atoms with Gasteiger partial charge in [-0.3, -0.25) is 4.90 Å². The predicted octanol–water partition coefficient (Wildman–Crippen LogP) is 1.96. The summed E-state index contributed by atoms with van der Waals surface area (Å²) in [6, 6.07) is 1.65. The Morgan fingerprint density at radius 2 is 2.33 bits per heavy atom. The second kappa shape index (κ2) is 6.12. The molecule has 2 fully saturated rings. The van der Waals surface area contributed by atoms with E-state index in [4.69, 9.17) is 0 Å². The molecule has 0 saturated carbocycles. The molecular formula is C12H24N2S. The van der Waals surface area contributed by atoms with Crippen molar-refractivity contribution in [3.63, 3.8) is 0 Å². The van der Waals surface area contributed by atoms with Gasteiger partial charge in [0.1, 0.15) is 0 Å². The summed E-state index contributed by atoms with van der Waals surface area (Å²) < 4.78 is 0. The smallest absolute Gasteiger partial charge is 0.0195 e. The number of hydrogen-bond donors (Lipinski definition) is 1. The molecule has 2 atom stereocenters. The highest BCUT2D eigenvalue weighted by atomic mass is 32.2. The zero-order valence-electron chi connectivity index (χ0n) is 9.87. The highest BCUT2D eigenvalue weighted by molar-refractivity contribution is 7.99. The average Bonchev–Trinajstić information content (AvgIpc) is 2.89. The molecule has 0 aliphatic carbocycles. The SMILES string of the molecule is CCCN(CC1CCCN1)C1CCSC1. The van der Waals surface area contributed by atoms with E-state index in [0.29, 0.717) is 0 Å². The van der Waals surface area contributed by atoms with E-state index in [2.05, 4.69) is 28.9 Å². The summed E-state index contributed by atoms with van der Waals surface area (Å²) in [5.41, 5.74) is 0. The summed E-state index contributed by atoms with van der Waals surface area (Å²) in [5.74, 6) is 2.75. The third-order valence-corrected chi connectivity index (χ3v) is 4.69. The maximum absolute atomic E-state index is 3.62. The predicted molar refractivity (Wildman–Crippen MR) is 68.6 cm³/mol. The van der Waals surface area contributed by atoms with Gasteiger partial charge in [-0.25, -0.2) is 0 Å². The van der Waals surface area contributed by atoms with Gasteiger partial charge >= 0.3 is 0 Å². The molecular weight excluding hydrogens is 204 g/mol. The molecule has 2 unspecified atom stereocenters. The molecule has 3 heteroatoms. The first kappa shape index (κ1) is 11.7. The molecule has 2 heterocycles. The summed E-state index contributed by atoms with van der Waals surface area (Å²) in [4.78, 5) is 2.74.